The number of pyridine rings is 1. The van der Waals surface area contributed by atoms with Crippen molar-refractivity contribution in [3.8, 4) is 11.4 Å². The van der Waals surface area contributed by atoms with Crippen molar-refractivity contribution in [2.45, 2.75) is 6.92 Å². The van der Waals surface area contributed by atoms with Crippen LogP contribution in [0.3, 0.4) is 0 Å². The van der Waals surface area contributed by atoms with Crippen molar-refractivity contribution in [3.63, 3.8) is 0 Å². The van der Waals surface area contributed by atoms with Crippen molar-refractivity contribution in [1.29, 1.82) is 0 Å². The van der Waals surface area contributed by atoms with Crippen LogP contribution in [0.4, 0.5) is 0 Å². The third kappa shape index (κ3) is 1.70. The molecule has 3 aromatic heterocycles. The molecule has 3 heterocycles. The summed E-state index contributed by atoms with van der Waals surface area (Å²) in [7, 11) is 0. The number of rotatable bonds is 1. The molecule has 0 atom stereocenters. The molecule has 0 amide bonds. The van der Waals surface area contributed by atoms with Crippen molar-refractivity contribution < 1.29 is 0 Å². The monoisotopic (exact) mass is 266 g/mol. The molecule has 0 unspecified atom stereocenters. The van der Waals surface area contributed by atoms with Crippen molar-refractivity contribution in [1.82, 2.24) is 19.9 Å². The van der Waals surface area contributed by atoms with E-state index in [1.54, 1.807) is 23.7 Å². The molecular weight excluding hydrogens is 256 g/mol. The molecule has 0 aliphatic rings. The lowest BCUT2D eigenvalue weighted by atomic mass is 10.3. The first-order valence-corrected chi connectivity index (χ1v) is 6.78. The Labute approximate surface area is 113 Å². The van der Waals surface area contributed by atoms with Crippen LogP contribution in [0.2, 0.25) is 0 Å². The van der Waals surface area contributed by atoms with Crippen LogP contribution in [0.1, 0.15) is 5.01 Å². The molecule has 0 aliphatic carbocycles. The smallest absolute Gasteiger partial charge is 0.138 e. The van der Waals surface area contributed by atoms with Gasteiger partial charge >= 0.3 is 0 Å². The number of nitrogens with zero attached hydrogens (tertiary/aromatic N) is 3. The van der Waals surface area contributed by atoms with E-state index in [1.807, 2.05) is 19.1 Å². The molecule has 5 heteroatoms. The number of H-pyrrole nitrogens is 1. The Bertz CT molecular complexity index is 825. The zero-order valence-electron chi connectivity index (χ0n) is 10.2. The lowest BCUT2D eigenvalue weighted by Gasteiger charge is -1.92. The summed E-state index contributed by atoms with van der Waals surface area (Å²) >= 11 is 1.70. The summed E-state index contributed by atoms with van der Waals surface area (Å²) in [4.78, 5) is 16.5. The number of imidazole rings is 1. The molecule has 4 rings (SSSR count). The van der Waals surface area contributed by atoms with Crippen LogP contribution in [0.15, 0.2) is 36.7 Å². The average Bonchev–Trinajstić information content (AvgIpc) is 2.98. The molecule has 0 fully saturated rings. The van der Waals surface area contributed by atoms with Gasteiger partial charge in [0.15, 0.2) is 0 Å². The van der Waals surface area contributed by atoms with E-state index >= 15 is 0 Å². The molecule has 19 heavy (non-hydrogen) atoms. The molecular formula is C14H10N4S. The Hall–Kier alpha value is -2.27. The van der Waals surface area contributed by atoms with Gasteiger partial charge in [-0.3, -0.25) is 4.98 Å². The molecule has 0 saturated heterocycles. The second kappa shape index (κ2) is 3.86. The zero-order valence-corrected chi connectivity index (χ0v) is 11.0. The maximum absolute atomic E-state index is 4.64. The van der Waals surface area contributed by atoms with Gasteiger partial charge in [0.25, 0.3) is 0 Å². The number of benzene rings is 1. The molecule has 0 spiro atoms. The quantitative estimate of drug-likeness (QED) is 0.573. The van der Waals surface area contributed by atoms with E-state index in [1.165, 1.54) is 4.70 Å². The third-order valence-corrected chi connectivity index (χ3v) is 3.99. The lowest BCUT2D eigenvalue weighted by molar-refractivity contribution is 1.28. The molecule has 0 aliphatic heterocycles. The number of hydrogen-bond donors (Lipinski definition) is 1. The SMILES string of the molecule is Cc1nc2cc3[nH]c(-c4ccncc4)nc3cc2s1. The second-order valence-electron chi connectivity index (χ2n) is 4.39. The fraction of sp³-hybridized carbons (Fsp3) is 0.0714. The van der Waals surface area contributed by atoms with Gasteiger partial charge in [0, 0.05) is 18.0 Å². The number of thiazole rings is 1. The Balaban J connectivity index is 1.96. The minimum atomic E-state index is 0.867. The van der Waals surface area contributed by atoms with Crippen LogP contribution in [0.25, 0.3) is 32.6 Å². The number of nitrogens with one attached hydrogen (secondary N) is 1. The minimum absolute atomic E-state index is 0.867. The minimum Gasteiger partial charge on any atom is -0.338 e. The van der Waals surface area contributed by atoms with Gasteiger partial charge in [0.05, 0.1) is 26.3 Å². The van der Waals surface area contributed by atoms with Crippen LogP contribution in [0, 0.1) is 6.92 Å². The standard InChI is InChI=1S/C14H10N4S/c1-8-16-12-6-10-11(7-13(12)19-8)18-14(17-10)9-2-4-15-5-3-9/h2-7H,1H3,(H,17,18). The molecule has 0 saturated carbocycles. The first-order valence-electron chi connectivity index (χ1n) is 5.97. The van der Waals surface area contributed by atoms with Crippen molar-refractivity contribution in [3.05, 3.63) is 41.7 Å². The van der Waals surface area contributed by atoms with E-state index in [9.17, 15) is 0 Å². The second-order valence-corrected chi connectivity index (χ2v) is 5.63. The van der Waals surface area contributed by atoms with Gasteiger partial charge < -0.3 is 4.98 Å². The zero-order chi connectivity index (χ0) is 12.8. The Morgan fingerprint density at radius 3 is 2.74 bits per heavy atom. The molecule has 4 nitrogen and oxygen atoms in total. The maximum Gasteiger partial charge on any atom is 0.138 e. The van der Waals surface area contributed by atoms with E-state index < -0.39 is 0 Å². The summed E-state index contributed by atoms with van der Waals surface area (Å²) in [6.45, 7) is 2.02. The van der Waals surface area contributed by atoms with Crippen molar-refractivity contribution in [2.75, 3.05) is 0 Å². The highest BCUT2D eigenvalue weighted by Gasteiger charge is 2.08. The van der Waals surface area contributed by atoms with E-state index in [0.29, 0.717) is 0 Å². The van der Waals surface area contributed by atoms with Gasteiger partial charge in [-0.25, -0.2) is 9.97 Å². The average molecular weight is 266 g/mol. The number of hydrogen-bond acceptors (Lipinski definition) is 4. The number of aromatic amines is 1. The fourth-order valence-corrected chi connectivity index (χ4v) is 3.04. The van der Waals surface area contributed by atoms with Gasteiger partial charge in [-0.15, -0.1) is 11.3 Å². The first kappa shape index (κ1) is 10.6. The van der Waals surface area contributed by atoms with Crippen LogP contribution in [-0.4, -0.2) is 19.9 Å². The highest BCUT2D eigenvalue weighted by molar-refractivity contribution is 7.18. The Kier molecular flexibility index (Phi) is 2.16. The Morgan fingerprint density at radius 1 is 1.05 bits per heavy atom. The van der Waals surface area contributed by atoms with Crippen LogP contribution >= 0.6 is 11.3 Å². The predicted octanol–water partition coefficient (Wildman–Crippen LogP) is 3.54. The van der Waals surface area contributed by atoms with E-state index in [-0.39, 0.29) is 0 Å². The summed E-state index contributed by atoms with van der Waals surface area (Å²) in [5.74, 6) is 0.867. The first-order chi connectivity index (χ1) is 9.29. The summed E-state index contributed by atoms with van der Waals surface area (Å²) in [6, 6.07) is 8.05. The molecule has 1 N–H and O–H groups in total. The number of fused-ring (bicyclic) bond motifs is 2. The van der Waals surface area contributed by atoms with E-state index in [2.05, 4.69) is 32.1 Å². The highest BCUT2D eigenvalue weighted by Crippen LogP contribution is 2.27. The topological polar surface area (TPSA) is 54.5 Å². The largest absolute Gasteiger partial charge is 0.338 e. The summed E-state index contributed by atoms with van der Waals surface area (Å²) in [5.41, 5.74) is 4.06. The van der Waals surface area contributed by atoms with Gasteiger partial charge in [-0.1, -0.05) is 0 Å². The van der Waals surface area contributed by atoms with Crippen molar-refractivity contribution in [2.24, 2.45) is 0 Å². The van der Waals surface area contributed by atoms with Gasteiger partial charge in [-0.2, -0.15) is 0 Å². The van der Waals surface area contributed by atoms with Crippen molar-refractivity contribution >= 4 is 32.6 Å². The van der Waals surface area contributed by atoms with Gasteiger partial charge in [-0.05, 0) is 31.2 Å². The van der Waals surface area contributed by atoms with Crippen LogP contribution in [0.5, 0.6) is 0 Å². The molecule has 1 aromatic carbocycles. The fourth-order valence-electron chi connectivity index (χ4n) is 2.19. The number of aromatic nitrogens is 4. The molecule has 0 radical (unpaired) electrons. The summed E-state index contributed by atoms with van der Waals surface area (Å²) < 4.78 is 1.18. The molecule has 92 valence electrons. The molecule has 0 bridgehead atoms. The maximum atomic E-state index is 4.64. The van der Waals surface area contributed by atoms with Gasteiger partial charge in [0.2, 0.25) is 0 Å². The molecule has 4 aromatic rings. The van der Waals surface area contributed by atoms with Gasteiger partial charge in [0.1, 0.15) is 5.82 Å². The normalized spacial score (nSPS) is 11.4. The summed E-state index contributed by atoms with van der Waals surface area (Å²) in [6.07, 6.45) is 3.54. The third-order valence-electron chi connectivity index (χ3n) is 3.05. The predicted molar refractivity (Wildman–Crippen MR) is 77.2 cm³/mol. The highest BCUT2D eigenvalue weighted by atomic mass is 32.1. The van der Waals surface area contributed by atoms with E-state index in [4.69, 9.17) is 0 Å². The van der Waals surface area contributed by atoms with Crippen LogP contribution in [-0.2, 0) is 0 Å². The summed E-state index contributed by atoms with van der Waals surface area (Å²) in [5, 5.41) is 1.08. The van der Waals surface area contributed by atoms with E-state index in [0.717, 1.165) is 32.9 Å². The van der Waals surface area contributed by atoms with Crippen LogP contribution < -0.4 is 0 Å². The Morgan fingerprint density at radius 2 is 1.89 bits per heavy atom. The number of aryl methyl sites for hydroxylation is 1. The lowest BCUT2D eigenvalue weighted by Crippen LogP contribution is -1.79.